The first kappa shape index (κ1) is 25.7. The highest BCUT2D eigenvalue weighted by Crippen LogP contribution is 2.49. The van der Waals surface area contributed by atoms with E-state index < -0.39 is 0 Å². The molecule has 8 heteroatoms. The number of aromatic nitrogens is 2. The Hall–Kier alpha value is -3.91. The maximum Gasteiger partial charge on any atom is 0.240 e. The average Bonchev–Trinajstić information content (AvgIpc) is 3.22. The SMILES string of the molecule is Cc1ccccc1[C@H]1SCC(=O)N(CC(=O)NC(C)C)c2c1c(-c1ccccc1)nn2-c1ccc(F)cc1. The molecule has 0 bridgehead atoms. The predicted molar refractivity (Wildman–Crippen MR) is 150 cm³/mol. The van der Waals surface area contributed by atoms with Gasteiger partial charge in [-0.1, -0.05) is 54.6 Å². The Morgan fingerprint density at radius 2 is 1.74 bits per heavy atom. The molecule has 38 heavy (non-hydrogen) atoms. The number of benzene rings is 3. The maximum absolute atomic E-state index is 13.9. The van der Waals surface area contributed by atoms with Crippen LogP contribution in [0.25, 0.3) is 16.9 Å². The fourth-order valence-corrected chi connectivity index (χ4v) is 6.02. The van der Waals surface area contributed by atoms with E-state index in [-0.39, 0.29) is 41.2 Å². The highest BCUT2D eigenvalue weighted by Gasteiger charge is 2.38. The molecule has 1 aliphatic rings. The van der Waals surface area contributed by atoms with Crippen LogP contribution in [0.1, 0.15) is 35.8 Å². The summed E-state index contributed by atoms with van der Waals surface area (Å²) in [4.78, 5) is 28.2. The molecule has 1 atom stereocenters. The zero-order valence-corrected chi connectivity index (χ0v) is 22.3. The number of anilines is 1. The van der Waals surface area contributed by atoms with Crippen molar-refractivity contribution in [1.29, 1.82) is 0 Å². The fraction of sp³-hybridized carbons (Fsp3) is 0.233. The van der Waals surface area contributed by atoms with Gasteiger partial charge in [-0.15, -0.1) is 11.8 Å². The third-order valence-corrected chi connectivity index (χ3v) is 7.67. The number of nitrogens with zero attached hydrogens (tertiary/aromatic N) is 3. The van der Waals surface area contributed by atoms with Gasteiger partial charge in [0.25, 0.3) is 0 Å². The van der Waals surface area contributed by atoms with Crippen LogP contribution in [0.15, 0.2) is 78.9 Å². The largest absolute Gasteiger partial charge is 0.352 e. The summed E-state index contributed by atoms with van der Waals surface area (Å²) in [5.74, 6) is -0.0911. The number of carbonyl (C=O) groups excluding carboxylic acids is 2. The predicted octanol–water partition coefficient (Wildman–Crippen LogP) is 5.68. The molecule has 0 radical (unpaired) electrons. The van der Waals surface area contributed by atoms with Crippen LogP contribution in [0.5, 0.6) is 0 Å². The first-order valence-corrected chi connectivity index (χ1v) is 13.6. The van der Waals surface area contributed by atoms with E-state index in [0.717, 1.165) is 27.9 Å². The number of fused-ring (bicyclic) bond motifs is 1. The van der Waals surface area contributed by atoms with E-state index in [1.54, 1.807) is 16.8 Å². The second-order valence-electron chi connectivity index (χ2n) is 9.59. The van der Waals surface area contributed by atoms with Gasteiger partial charge in [-0.2, -0.15) is 5.10 Å². The summed E-state index contributed by atoms with van der Waals surface area (Å²) in [5, 5.41) is 7.71. The molecule has 194 valence electrons. The third-order valence-electron chi connectivity index (χ3n) is 6.43. The van der Waals surface area contributed by atoms with Crippen LogP contribution in [0.4, 0.5) is 10.2 Å². The monoisotopic (exact) mass is 528 g/mol. The minimum atomic E-state index is -0.368. The van der Waals surface area contributed by atoms with Crippen LogP contribution in [0.2, 0.25) is 0 Å². The Morgan fingerprint density at radius 3 is 2.42 bits per heavy atom. The molecule has 2 heterocycles. The first-order chi connectivity index (χ1) is 18.3. The minimum absolute atomic E-state index is 0.0694. The lowest BCUT2D eigenvalue weighted by atomic mass is 9.97. The zero-order chi connectivity index (χ0) is 26.8. The van der Waals surface area contributed by atoms with E-state index in [9.17, 15) is 14.0 Å². The molecule has 0 aliphatic carbocycles. The van der Waals surface area contributed by atoms with E-state index in [2.05, 4.69) is 24.4 Å². The maximum atomic E-state index is 13.9. The van der Waals surface area contributed by atoms with Crippen LogP contribution in [0, 0.1) is 12.7 Å². The van der Waals surface area contributed by atoms with E-state index in [0.29, 0.717) is 11.5 Å². The summed E-state index contributed by atoms with van der Waals surface area (Å²) in [6, 6.07) is 23.9. The lowest BCUT2D eigenvalue weighted by Crippen LogP contribution is -2.44. The van der Waals surface area contributed by atoms with Crippen LogP contribution < -0.4 is 10.2 Å². The molecular weight excluding hydrogens is 499 g/mol. The Balaban J connectivity index is 1.81. The second-order valence-corrected chi connectivity index (χ2v) is 10.7. The molecule has 6 nitrogen and oxygen atoms in total. The van der Waals surface area contributed by atoms with Gasteiger partial charge in [0.1, 0.15) is 18.2 Å². The van der Waals surface area contributed by atoms with Crippen LogP contribution >= 0.6 is 11.8 Å². The zero-order valence-electron chi connectivity index (χ0n) is 21.5. The standard InChI is InChI=1S/C30H29FN4O2S/c1-19(2)32-25(36)17-34-26(37)18-38-29(24-12-8-7-9-20(24)3)27-28(21-10-5-4-6-11-21)33-35(30(27)34)23-15-13-22(31)14-16-23/h4-16,19,29H,17-18H2,1-3H3,(H,32,36)/t29-/m1/s1. The van der Waals surface area contributed by atoms with E-state index in [1.807, 2.05) is 56.3 Å². The van der Waals surface area contributed by atoms with E-state index in [1.165, 1.54) is 28.8 Å². The molecule has 0 unspecified atom stereocenters. The topological polar surface area (TPSA) is 67.2 Å². The van der Waals surface area contributed by atoms with Gasteiger partial charge in [0.15, 0.2) is 0 Å². The molecule has 0 saturated heterocycles. The van der Waals surface area contributed by atoms with E-state index >= 15 is 0 Å². The first-order valence-electron chi connectivity index (χ1n) is 12.5. The average molecular weight is 529 g/mol. The number of halogens is 1. The Bertz CT molecular complexity index is 1470. The Morgan fingerprint density at radius 1 is 1.05 bits per heavy atom. The number of carbonyl (C=O) groups is 2. The number of nitrogens with one attached hydrogen (secondary N) is 1. The molecule has 0 saturated carbocycles. The normalized spacial score (nSPS) is 15.3. The molecule has 0 spiro atoms. The molecule has 1 aromatic heterocycles. The molecule has 3 aromatic carbocycles. The van der Waals surface area contributed by atoms with Crippen molar-refractivity contribution in [1.82, 2.24) is 15.1 Å². The summed E-state index contributed by atoms with van der Waals surface area (Å²) in [5.41, 5.74) is 5.24. The van der Waals surface area contributed by atoms with Crippen molar-refractivity contribution in [3.63, 3.8) is 0 Å². The van der Waals surface area contributed by atoms with Gasteiger partial charge in [-0.3, -0.25) is 14.5 Å². The van der Waals surface area contributed by atoms with E-state index in [4.69, 9.17) is 5.10 Å². The second kappa shape index (κ2) is 10.8. The Labute approximate surface area is 225 Å². The van der Waals surface area contributed by atoms with Gasteiger partial charge in [0.2, 0.25) is 11.8 Å². The number of hydrogen-bond donors (Lipinski definition) is 1. The number of thioether (sulfide) groups is 1. The smallest absolute Gasteiger partial charge is 0.240 e. The van der Waals surface area contributed by atoms with Gasteiger partial charge in [-0.25, -0.2) is 9.07 Å². The summed E-state index contributed by atoms with van der Waals surface area (Å²) in [7, 11) is 0. The number of hydrogen-bond acceptors (Lipinski definition) is 4. The van der Waals surface area contributed by atoms with Crippen molar-refractivity contribution in [3.05, 3.63) is 101 Å². The molecule has 0 fully saturated rings. The lowest BCUT2D eigenvalue weighted by molar-refractivity contribution is -0.123. The highest BCUT2D eigenvalue weighted by molar-refractivity contribution is 8.00. The quantitative estimate of drug-likeness (QED) is 0.350. The fourth-order valence-electron chi connectivity index (χ4n) is 4.73. The molecule has 5 rings (SSSR count). The molecule has 1 N–H and O–H groups in total. The number of aryl methyl sites for hydroxylation is 1. The molecule has 1 aliphatic heterocycles. The molecule has 4 aromatic rings. The van der Waals surface area contributed by atoms with Crippen molar-refractivity contribution >= 4 is 29.4 Å². The van der Waals surface area contributed by atoms with Gasteiger partial charge < -0.3 is 5.32 Å². The van der Waals surface area contributed by atoms with Crippen molar-refractivity contribution in [2.24, 2.45) is 0 Å². The van der Waals surface area contributed by atoms with Crippen molar-refractivity contribution in [2.75, 3.05) is 17.2 Å². The minimum Gasteiger partial charge on any atom is -0.352 e. The van der Waals surface area contributed by atoms with Gasteiger partial charge in [-0.05, 0) is 56.2 Å². The van der Waals surface area contributed by atoms with Gasteiger partial charge in [0.05, 0.1) is 22.4 Å². The van der Waals surface area contributed by atoms with Gasteiger partial charge >= 0.3 is 0 Å². The van der Waals surface area contributed by atoms with Crippen LogP contribution in [0.3, 0.4) is 0 Å². The van der Waals surface area contributed by atoms with Crippen LogP contribution in [-0.2, 0) is 9.59 Å². The molecule has 2 amide bonds. The van der Waals surface area contributed by atoms with Gasteiger partial charge in [0, 0.05) is 17.2 Å². The van der Waals surface area contributed by atoms with Crippen molar-refractivity contribution in [3.8, 4) is 16.9 Å². The third kappa shape index (κ3) is 5.09. The van der Waals surface area contributed by atoms with Crippen molar-refractivity contribution < 1.29 is 14.0 Å². The summed E-state index contributed by atoms with van der Waals surface area (Å²) in [6.45, 7) is 5.68. The summed E-state index contributed by atoms with van der Waals surface area (Å²) < 4.78 is 15.6. The summed E-state index contributed by atoms with van der Waals surface area (Å²) in [6.07, 6.45) is 0. The Kier molecular flexibility index (Phi) is 7.33. The number of amides is 2. The van der Waals surface area contributed by atoms with Crippen molar-refractivity contribution in [2.45, 2.75) is 32.1 Å². The lowest BCUT2D eigenvalue weighted by Gasteiger charge is -2.24. The molecular formula is C30H29FN4O2S. The summed E-state index contributed by atoms with van der Waals surface area (Å²) >= 11 is 1.53. The number of rotatable bonds is 6. The van der Waals surface area contributed by atoms with Crippen LogP contribution in [-0.4, -0.2) is 39.9 Å². The highest BCUT2D eigenvalue weighted by atomic mass is 32.2.